The molecule has 0 bridgehead atoms. The van der Waals surface area contributed by atoms with Gasteiger partial charge in [-0.2, -0.15) is 5.10 Å². The third-order valence-electron chi connectivity index (χ3n) is 4.09. The van der Waals surface area contributed by atoms with Crippen molar-refractivity contribution >= 4 is 24.2 Å². The lowest BCUT2D eigenvalue weighted by molar-refractivity contribution is -0.139. The number of rotatable bonds is 6. The highest BCUT2D eigenvalue weighted by Gasteiger charge is 2.37. The van der Waals surface area contributed by atoms with Crippen LogP contribution in [0.4, 0.5) is 0 Å². The Hall–Kier alpha value is -1.60. The summed E-state index contributed by atoms with van der Waals surface area (Å²) in [6.45, 7) is 6.42. The van der Waals surface area contributed by atoms with Gasteiger partial charge in [0.1, 0.15) is 0 Å². The summed E-state index contributed by atoms with van der Waals surface area (Å²) in [5.41, 5.74) is 1.07. The highest BCUT2D eigenvalue weighted by Crippen LogP contribution is 2.29. The molecule has 23 heavy (non-hydrogen) atoms. The van der Waals surface area contributed by atoms with Crippen LogP contribution in [0.3, 0.4) is 0 Å². The molecule has 2 heterocycles. The van der Waals surface area contributed by atoms with Crippen LogP contribution < -0.4 is 10.6 Å². The number of carbonyl (C=O) groups excluding carboxylic acids is 2. The summed E-state index contributed by atoms with van der Waals surface area (Å²) in [6, 6.07) is 0. The molecule has 2 N–H and O–H groups in total. The Morgan fingerprint density at radius 1 is 1.43 bits per heavy atom. The van der Waals surface area contributed by atoms with E-state index in [1.165, 1.54) is 0 Å². The Balaban J connectivity index is 0.00000264. The number of nitrogens with zero attached hydrogens (tertiary/aromatic N) is 3. The van der Waals surface area contributed by atoms with Crippen LogP contribution in [0.25, 0.3) is 0 Å². The molecule has 1 aliphatic rings. The van der Waals surface area contributed by atoms with Crippen molar-refractivity contribution in [2.24, 2.45) is 13.0 Å². The molecule has 1 aromatic rings. The van der Waals surface area contributed by atoms with Crippen LogP contribution in [0, 0.1) is 5.92 Å². The van der Waals surface area contributed by atoms with Crippen molar-refractivity contribution < 1.29 is 9.59 Å². The van der Waals surface area contributed by atoms with E-state index in [4.69, 9.17) is 0 Å². The molecule has 2 rings (SSSR count). The van der Waals surface area contributed by atoms with Crippen LogP contribution in [0.2, 0.25) is 0 Å². The zero-order valence-electron chi connectivity index (χ0n) is 13.9. The Morgan fingerprint density at radius 2 is 2.17 bits per heavy atom. The molecule has 2 amide bonds. The van der Waals surface area contributed by atoms with Crippen LogP contribution in [-0.2, 0) is 16.6 Å². The monoisotopic (exact) mass is 343 g/mol. The molecule has 0 unspecified atom stereocenters. The second kappa shape index (κ2) is 8.88. The summed E-state index contributed by atoms with van der Waals surface area (Å²) >= 11 is 0. The fourth-order valence-electron chi connectivity index (χ4n) is 2.93. The first-order valence-corrected chi connectivity index (χ1v) is 7.81. The highest BCUT2D eigenvalue weighted by molar-refractivity contribution is 5.86. The second-order valence-electron chi connectivity index (χ2n) is 5.62. The van der Waals surface area contributed by atoms with E-state index < -0.39 is 0 Å². The second-order valence-corrected chi connectivity index (χ2v) is 5.62. The minimum absolute atomic E-state index is 0. The first kappa shape index (κ1) is 19.4. The summed E-state index contributed by atoms with van der Waals surface area (Å²) < 4.78 is 1.75. The fraction of sp³-hybridized carbons (Fsp3) is 0.667. The van der Waals surface area contributed by atoms with Gasteiger partial charge in [-0.25, -0.2) is 0 Å². The van der Waals surface area contributed by atoms with Crippen molar-refractivity contribution in [3.8, 4) is 0 Å². The first-order chi connectivity index (χ1) is 10.6. The SMILES string of the molecule is CCNC(=O)CN(CC)C(=O)[C@H]1CNC[C@@H]1c1cnn(C)c1.Cl. The molecule has 0 aromatic carbocycles. The lowest BCUT2D eigenvalue weighted by Gasteiger charge is -2.26. The van der Waals surface area contributed by atoms with Gasteiger partial charge in [-0.05, 0) is 19.4 Å². The Bertz CT molecular complexity index is 534. The van der Waals surface area contributed by atoms with Gasteiger partial charge in [-0.1, -0.05) is 0 Å². The topological polar surface area (TPSA) is 79.3 Å². The van der Waals surface area contributed by atoms with E-state index in [-0.39, 0.29) is 42.6 Å². The molecule has 0 spiro atoms. The van der Waals surface area contributed by atoms with Crippen LogP contribution in [0.5, 0.6) is 0 Å². The van der Waals surface area contributed by atoms with Crippen molar-refractivity contribution in [1.82, 2.24) is 25.3 Å². The summed E-state index contributed by atoms with van der Waals surface area (Å²) in [5, 5.41) is 10.2. The van der Waals surface area contributed by atoms with E-state index in [9.17, 15) is 9.59 Å². The van der Waals surface area contributed by atoms with Gasteiger partial charge in [0.15, 0.2) is 0 Å². The van der Waals surface area contributed by atoms with Crippen molar-refractivity contribution in [3.63, 3.8) is 0 Å². The Morgan fingerprint density at radius 3 is 2.74 bits per heavy atom. The predicted molar refractivity (Wildman–Crippen MR) is 90.5 cm³/mol. The lowest BCUT2D eigenvalue weighted by atomic mass is 9.90. The Labute approximate surface area is 143 Å². The zero-order valence-corrected chi connectivity index (χ0v) is 14.7. The fourth-order valence-corrected chi connectivity index (χ4v) is 2.93. The molecular weight excluding hydrogens is 318 g/mol. The average molecular weight is 344 g/mol. The number of aryl methyl sites for hydroxylation is 1. The van der Waals surface area contributed by atoms with Crippen molar-refractivity contribution in [3.05, 3.63) is 18.0 Å². The van der Waals surface area contributed by atoms with Crippen molar-refractivity contribution in [2.45, 2.75) is 19.8 Å². The van der Waals surface area contributed by atoms with Crippen LogP contribution in [0.1, 0.15) is 25.3 Å². The molecule has 1 aromatic heterocycles. The maximum Gasteiger partial charge on any atom is 0.239 e. The quantitative estimate of drug-likeness (QED) is 0.769. The average Bonchev–Trinajstić information content (AvgIpc) is 3.12. The van der Waals surface area contributed by atoms with E-state index in [0.29, 0.717) is 19.6 Å². The summed E-state index contributed by atoms with van der Waals surface area (Å²) in [6.07, 6.45) is 3.77. The normalized spacial score (nSPS) is 20.0. The number of amides is 2. The maximum atomic E-state index is 12.8. The maximum absolute atomic E-state index is 12.8. The minimum atomic E-state index is -0.140. The molecule has 130 valence electrons. The molecule has 0 radical (unpaired) electrons. The predicted octanol–water partition coefficient (Wildman–Crippen LogP) is 0.130. The van der Waals surface area contributed by atoms with Gasteiger partial charge >= 0.3 is 0 Å². The standard InChI is InChI=1S/C15H25N5O2.ClH/c1-4-17-14(21)10-20(5-2)15(22)13-8-16-7-12(13)11-6-18-19(3)9-11;/h6,9,12-13,16H,4-5,7-8,10H2,1-3H3,(H,17,21);1H/t12-,13+;/m1./s1. The van der Waals surface area contributed by atoms with E-state index in [1.54, 1.807) is 9.58 Å². The van der Waals surface area contributed by atoms with E-state index >= 15 is 0 Å². The van der Waals surface area contributed by atoms with Gasteiger partial charge in [0.05, 0.1) is 18.7 Å². The smallest absolute Gasteiger partial charge is 0.239 e. The molecule has 0 saturated carbocycles. The third kappa shape index (κ3) is 4.68. The first-order valence-electron chi connectivity index (χ1n) is 7.81. The van der Waals surface area contributed by atoms with Gasteiger partial charge in [0, 0.05) is 45.3 Å². The van der Waals surface area contributed by atoms with Gasteiger partial charge in [-0.3, -0.25) is 14.3 Å². The van der Waals surface area contributed by atoms with Crippen LogP contribution >= 0.6 is 12.4 Å². The molecule has 1 saturated heterocycles. The largest absolute Gasteiger partial charge is 0.355 e. The molecule has 1 fully saturated rings. The summed E-state index contributed by atoms with van der Waals surface area (Å²) in [7, 11) is 1.87. The number of nitrogens with one attached hydrogen (secondary N) is 2. The van der Waals surface area contributed by atoms with Gasteiger partial charge in [0.2, 0.25) is 11.8 Å². The van der Waals surface area contributed by atoms with Gasteiger partial charge < -0.3 is 15.5 Å². The minimum Gasteiger partial charge on any atom is -0.355 e. The number of aromatic nitrogens is 2. The Kier molecular flexibility index (Phi) is 7.51. The zero-order chi connectivity index (χ0) is 16.1. The summed E-state index contributed by atoms with van der Waals surface area (Å²) in [5.74, 6) is -0.0998. The van der Waals surface area contributed by atoms with Gasteiger partial charge in [0.25, 0.3) is 0 Å². The molecular formula is C15H26ClN5O2. The van der Waals surface area contributed by atoms with Crippen molar-refractivity contribution in [1.29, 1.82) is 0 Å². The number of halogens is 1. The highest BCUT2D eigenvalue weighted by atomic mass is 35.5. The van der Waals surface area contributed by atoms with E-state index in [1.807, 2.05) is 33.3 Å². The lowest BCUT2D eigenvalue weighted by Crippen LogP contribution is -2.44. The van der Waals surface area contributed by atoms with Crippen LogP contribution in [0.15, 0.2) is 12.4 Å². The number of hydrogen-bond acceptors (Lipinski definition) is 4. The molecule has 8 heteroatoms. The summed E-state index contributed by atoms with van der Waals surface area (Å²) in [4.78, 5) is 26.2. The molecule has 2 atom stereocenters. The molecule has 7 nitrogen and oxygen atoms in total. The van der Waals surface area contributed by atoms with Gasteiger partial charge in [-0.15, -0.1) is 12.4 Å². The number of likely N-dealkylation sites (N-methyl/N-ethyl adjacent to an activating group) is 2. The molecule has 0 aliphatic carbocycles. The third-order valence-corrected chi connectivity index (χ3v) is 4.09. The van der Waals surface area contributed by atoms with Crippen molar-refractivity contribution in [2.75, 3.05) is 32.7 Å². The van der Waals surface area contributed by atoms with E-state index in [0.717, 1.165) is 12.1 Å². The number of hydrogen-bond donors (Lipinski definition) is 2. The van der Waals surface area contributed by atoms with Crippen LogP contribution in [-0.4, -0.2) is 59.2 Å². The number of carbonyl (C=O) groups is 2. The van der Waals surface area contributed by atoms with E-state index in [2.05, 4.69) is 15.7 Å². The molecule has 1 aliphatic heterocycles.